The topological polar surface area (TPSA) is 342 Å². The van der Waals surface area contributed by atoms with Crippen molar-refractivity contribution in [3.63, 3.8) is 0 Å². The molecule has 0 fully saturated rings. The number of thiazole rings is 4. The van der Waals surface area contributed by atoms with Crippen LogP contribution in [0.4, 0.5) is 10.3 Å². The third kappa shape index (κ3) is 28.1. The zero-order valence-electron chi connectivity index (χ0n) is 77.9. The molecular formula is C102H132N18O4S4. The SMILES string of the molecule is CC(=O)Nc1nc([C@H](Cc2c[nH]c3ccc(C)cc23)NC(C)C)cs1.Cc1ccc2[nH]cc(CC(NC(C)C)C(=O)O)c2c1.Cc1ccc2[nH]cc(C[C@H](CC(C)C)c3csc(C)n3)c2c1.Cc1ccc2[nH]cc(C[C@H](NC(C)C)C(N)=O)c2c1.Cc1ccc2[nH]cc(C[C@H](NC(C)C)c3csc(N)n3)c2c1.Cc1ccc2[nH]cc(C[C@H](NC(C)C)c3cscn3)c2c1. The number of rotatable bonds is 31. The summed E-state index contributed by atoms with van der Waals surface area (Å²) in [4.78, 5) is 72.3. The number of hydrogen-bond acceptors (Lipinski definition) is 17. The number of hydrogen-bond donors (Lipinski definition) is 15. The fourth-order valence-corrected chi connectivity index (χ4v) is 19.0. The second-order valence-corrected chi connectivity index (χ2v) is 39.4. The Labute approximate surface area is 769 Å². The molecule has 16 aromatic rings. The lowest BCUT2D eigenvalue weighted by molar-refractivity contribution is -0.139. The van der Waals surface area contributed by atoms with Crippen LogP contribution < -0.4 is 43.4 Å². The fourth-order valence-electron chi connectivity index (χ4n) is 16.3. The molecule has 0 aliphatic rings. The number of benzene rings is 6. The standard InChI is InChI=1S/C19H24N4OS.C19H24N2S.C17H22N4S.C17H21N3S.C15H21N3O.C15H20N2O2/c1-11(2)21-17(18-10-25-19(23-18)22-13(4)24)8-14-9-20-16-6-5-12(3)7-15(14)16;1-12(2)7-15(19-11-22-14(4)21-19)9-16-10-20-18-6-5-13(3)8-17(16)18;1-10(2)20-15(16-9-22-17(18)21-16)7-12-8-19-14-5-4-11(3)6-13(12)14;1-11(2)20-16(17-9-21-10-19-17)7-13-8-18-15-5-4-12(3)6-14(13)15;1-9(2)18-14(15(16)19)7-11-8-17-13-5-4-10(3)6-12(11)13;1-9(2)17-14(15(18)19)7-11-8-16-13-5-4-10(3)6-12(11)13/h5-7,9-11,17,20-21H,8H2,1-4H3,(H,22,23,24);5-6,8,10-12,15,20H,7,9H2,1-4H3;4-6,8-10,15,19-20H,7H2,1-3H3,(H2,18,21);4-6,8-11,16,18,20H,7H2,1-3H3;4-6,8-9,14,17-18H,7H2,1-3H3,(H2,16,19);4-6,8-9,14,16-17H,7H2,1-3H3,(H,18,19)/t17-;2*15-;16-;14-;/m00000./s1. The minimum absolute atomic E-state index is 0.0956. The second kappa shape index (κ2) is 45.9. The van der Waals surface area contributed by atoms with Gasteiger partial charge in [-0.2, -0.15) is 0 Å². The number of aromatic amines is 6. The number of fused-ring (bicyclic) bond motifs is 6. The van der Waals surface area contributed by atoms with Crippen LogP contribution in [-0.4, -0.2) is 115 Å². The van der Waals surface area contributed by atoms with Gasteiger partial charge in [0.15, 0.2) is 10.3 Å². The third-order valence-corrected chi connectivity index (χ3v) is 25.0. The Morgan fingerprint density at radius 1 is 0.391 bits per heavy atom. The number of H-pyrrole nitrogens is 6. The van der Waals surface area contributed by atoms with Crippen molar-refractivity contribution in [1.82, 2.24) is 76.4 Å². The quantitative estimate of drug-likeness (QED) is 0.0192. The zero-order valence-corrected chi connectivity index (χ0v) is 81.1. The number of anilines is 2. The lowest BCUT2D eigenvalue weighted by atomic mass is 9.88. The predicted octanol–water partition coefficient (Wildman–Crippen LogP) is 22.1. The first-order chi connectivity index (χ1) is 61.0. The summed E-state index contributed by atoms with van der Waals surface area (Å²) in [5.74, 6) is -0.0313. The highest BCUT2D eigenvalue weighted by Gasteiger charge is 2.26. The van der Waals surface area contributed by atoms with E-state index in [9.17, 15) is 19.5 Å². The number of aromatic nitrogens is 10. The molecule has 678 valence electrons. The van der Waals surface area contributed by atoms with Gasteiger partial charge in [0.25, 0.3) is 0 Å². The van der Waals surface area contributed by atoms with Crippen molar-refractivity contribution in [2.45, 2.75) is 250 Å². The highest BCUT2D eigenvalue weighted by Crippen LogP contribution is 2.35. The molecular weight excluding hydrogens is 1670 g/mol. The van der Waals surface area contributed by atoms with E-state index in [-0.39, 0.29) is 48.1 Å². The Bertz CT molecular complexity index is 6000. The van der Waals surface area contributed by atoms with Gasteiger partial charge in [-0.1, -0.05) is 153 Å². The zero-order chi connectivity index (χ0) is 92.2. The summed E-state index contributed by atoms with van der Waals surface area (Å²) in [5.41, 5.74) is 39.5. The normalized spacial score (nSPS) is 13.0. The monoisotopic (exact) mass is 1800 g/mol. The van der Waals surface area contributed by atoms with Gasteiger partial charge in [0.2, 0.25) is 11.8 Å². The Balaban J connectivity index is 0.000000149. The first kappa shape index (κ1) is 97.7. The molecule has 0 aliphatic heterocycles. The van der Waals surface area contributed by atoms with E-state index in [1.807, 2.05) is 70.0 Å². The Hall–Kier alpha value is -10.9. The molecule has 16 rings (SSSR count). The summed E-state index contributed by atoms with van der Waals surface area (Å²) >= 11 is 6.37. The number of primary amides is 1. The van der Waals surface area contributed by atoms with Gasteiger partial charge in [0.05, 0.1) is 57.5 Å². The number of nitrogens with two attached hydrogens (primary N) is 2. The molecule has 128 heavy (non-hydrogen) atoms. The fraction of sp³-hybridized carbons (Fsp3) is 0.382. The van der Waals surface area contributed by atoms with Crippen LogP contribution in [-0.2, 0) is 52.9 Å². The van der Waals surface area contributed by atoms with Crippen molar-refractivity contribution in [2.75, 3.05) is 11.1 Å². The van der Waals surface area contributed by atoms with Gasteiger partial charge in [0, 0.05) is 174 Å². The van der Waals surface area contributed by atoms with Gasteiger partial charge in [-0.05, 0) is 199 Å². The van der Waals surface area contributed by atoms with Gasteiger partial charge in [-0.15, -0.1) is 45.3 Å². The smallest absolute Gasteiger partial charge is 0.321 e. The van der Waals surface area contributed by atoms with Crippen LogP contribution in [0.15, 0.2) is 173 Å². The number of aryl methyl sites for hydroxylation is 7. The Kier molecular flexibility index (Phi) is 35.0. The molecule has 0 saturated heterocycles. The average molecular weight is 1800 g/mol. The van der Waals surface area contributed by atoms with E-state index < -0.39 is 12.0 Å². The van der Waals surface area contributed by atoms with Crippen molar-refractivity contribution < 1.29 is 19.5 Å². The summed E-state index contributed by atoms with van der Waals surface area (Å²) in [6.07, 6.45) is 18.4. The van der Waals surface area contributed by atoms with Crippen molar-refractivity contribution in [2.24, 2.45) is 11.7 Å². The molecule has 1 unspecified atom stereocenters. The summed E-state index contributed by atoms with van der Waals surface area (Å²) in [5, 5.41) is 47.5. The van der Waals surface area contributed by atoms with E-state index in [1.165, 1.54) is 140 Å². The van der Waals surface area contributed by atoms with Crippen LogP contribution >= 0.6 is 45.3 Å². The van der Waals surface area contributed by atoms with E-state index in [4.69, 9.17) is 16.5 Å². The Morgan fingerprint density at radius 2 is 0.719 bits per heavy atom. The number of carbonyl (C=O) groups is 3. The maximum Gasteiger partial charge on any atom is 0.321 e. The number of nitrogens with zero attached hydrogens (tertiary/aromatic N) is 4. The molecule has 0 bridgehead atoms. The van der Waals surface area contributed by atoms with Crippen molar-refractivity contribution in [3.05, 3.63) is 268 Å². The average Bonchev–Trinajstić information content (AvgIpc) is 1.71. The number of aliphatic carboxylic acids is 1. The maximum absolute atomic E-state index is 11.5. The summed E-state index contributed by atoms with van der Waals surface area (Å²) in [7, 11) is 0. The van der Waals surface area contributed by atoms with Crippen LogP contribution in [0.25, 0.3) is 65.4 Å². The molecule has 2 amide bonds. The van der Waals surface area contributed by atoms with Crippen LogP contribution in [0.5, 0.6) is 0 Å². The molecule has 10 aromatic heterocycles. The van der Waals surface area contributed by atoms with E-state index in [2.05, 4.69) is 312 Å². The number of nitrogens with one attached hydrogen (secondary N) is 12. The molecule has 0 saturated carbocycles. The molecule has 22 nitrogen and oxygen atoms in total. The van der Waals surface area contributed by atoms with Gasteiger partial charge >= 0.3 is 5.97 Å². The van der Waals surface area contributed by atoms with E-state index in [0.29, 0.717) is 53.1 Å². The summed E-state index contributed by atoms with van der Waals surface area (Å²) < 4.78 is 0. The summed E-state index contributed by atoms with van der Waals surface area (Å²) in [6.45, 7) is 41.7. The third-order valence-electron chi connectivity index (χ3n) is 22.1. The number of amides is 2. The van der Waals surface area contributed by atoms with Crippen LogP contribution in [0.2, 0.25) is 0 Å². The second-order valence-electron chi connectivity index (χ2n) is 35.9. The lowest BCUT2D eigenvalue weighted by Crippen LogP contribution is -2.45. The predicted molar refractivity (Wildman–Crippen MR) is 539 cm³/mol. The van der Waals surface area contributed by atoms with Crippen molar-refractivity contribution in [1.29, 1.82) is 0 Å². The van der Waals surface area contributed by atoms with E-state index >= 15 is 0 Å². The first-order valence-corrected chi connectivity index (χ1v) is 48.1. The largest absolute Gasteiger partial charge is 0.480 e. The van der Waals surface area contributed by atoms with Crippen LogP contribution in [0.3, 0.4) is 0 Å². The number of carbonyl (C=O) groups excluding carboxylic acids is 2. The molecule has 6 atom stereocenters. The molecule has 0 spiro atoms. The first-order valence-electron chi connectivity index (χ1n) is 44.5. The highest BCUT2D eigenvalue weighted by molar-refractivity contribution is 7.14. The van der Waals surface area contributed by atoms with Crippen LogP contribution in [0, 0.1) is 54.4 Å². The molecule has 17 N–H and O–H groups in total. The van der Waals surface area contributed by atoms with Crippen LogP contribution in [0.1, 0.15) is 215 Å². The Morgan fingerprint density at radius 3 is 1.02 bits per heavy atom. The number of carboxylic acids is 1. The molecule has 10 heterocycles. The summed E-state index contributed by atoms with van der Waals surface area (Å²) in [6, 6.07) is 39.8. The lowest BCUT2D eigenvalue weighted by Gasteiger charge is -2.19. The molecule has 0 aliphatic carbocycles. The minimum Gasteiger partial charge on any atom is -0.480 e. The van der Waals surface area contributed by atoms with Gasteiger partial charge in [0.1, 0.15) is 6.04 Å². The van der Waals surface area contributed by atoms with Gasteiger partial charge < -0.3 is 78.4 Å². The minimum atomic E-state index is -0.810. The van der Waals surface area contributed by atoms with Gasteiger partial charge in [-0.25, -0.2) is 19.9 Å². The van der Waals surface area contributed by atoms with Crippen molar-refractivity contribution in [3.8, 4) is 0 Å². The van der Waals surface area contributed by atoms with E-state index in [1.54, 1.807) is 22.7 Å². The highest BCUT2D eigenvalue weighted by atomic mass is 32.1. The van der Waals surface area contributed by atoms with Gasteiger partial charge in [-0.3, -0.25) is 14.4 Å². The molecule has 0 radical (unpaired) electrons. The molecule has 6 aromatic carbocycles. The van der Waals surface area contributed by atoms with Crippen molar-refractivity contribution >= 4 is 139 Å². The number of carboxylic acid groups (broad SMARTS) is 1. The molecule has 26 heteroatoms. The maximum atomic E-state index is 11.5. The van der Waals surface area contributed by atoms with E-state index in [0.717, 1.165) is 81.2 Å². The number of nitrogen functional groups attached to an aromatic ring is 1.